The highest BCUT2D eigenvalue weighted by molar-refractivity contribution is 7.09. The standard InChI is InChI=1S/C18H27N5OS.ClH/c1-3-22(4-2)9-10-23(13-14-6-5-11-25-14)18(24)17-15-12-19-8-7-16(15)20-21-17;/h5-6,11,19H,3-4,7-10,12-13H2,1-2H3,(H,20,21);1H. The molecule has 0 spiro atoms. The molecule has 6 nitrogen and oxygen atoms in total. The third-order valence-corrected chi connectivity index (χ3v) is 5.66. The molecule has 3 rings (SSSR count). The van der Waals surface area contributed by atoms with E-state index in [0.717, 1.165) is 50.4 Å². The van der Waals surface area contributed by atoms with Crippen molar-refractivity contribution < 1.29 is 4.79 Å². The van der Waals surface area contributed by atoms with Gasteiger partial charge in [0.05, 0.1) is 6.54 Å². The predicted molar refractivity (Wildman–Crippen MR) is 108 cm³/mol. The quantitative estimate of drug-likeness (QED) is 0.718. The van der Waals surface area contributed by atoms with Gasteiger partial charge in [0, 0.05) is 48.7 Å². The van der Waals surface area contributed by atoms with Gasteiger partial charge in [-0.3, -0.25) is 9.89 Å². The molecule has 0 aromatic carbocycles. The van der Waals surface area contributed by atoms with E-state index in [1.54, 1.807) is 11.3 Å². The number of amides is 1. The minimum Gasteiger partial charge on any atom is -0.331 e. The van der Waals surface area contributed by atoms with Crippen LogP contribution in [-0.4, -0.2) is 58.6 Å². The molecule has 8 heteroatoms. The Morgan fingerprint density at radius 3 is 2.81 bits per heavy atom. The van der Waals surface area contributed by atoms with E-state index in [1.165, 1.54) is 4.88 Å². The lowest BCUT2D eigenvalue weighted by atomic mass is 10.1. The summed E-state index contributed by atoms with van der Waals surface area (Å²) in [5.74, 6) is 0.0294. The molecule has 2 aromatic rings. The zero-order valence-corrected chi connectivity index (χ0v) is 17.1. The Morgan fingerprint density at radius 1 is 1.31 bits per heavy atom. The first-order valence-electron chi connectivity index (χ1n) is 9.03. The third kappa shape index (κ3) is 4.85. The van der Waals surface area contributed by atoms with Crippen LogP contribution in [0.15, 0.2) is 17.5 Å². The number of hydrogen-bond acceptors (Lipinski definition) is 5. The van der Waals surface area contributed by atoms with Crippen molar-refractivity contribution in [3.8, 4) is 0 Å². The van der Waals surface area contributed by atoms with Gasteiger partial charge < -0.3 is 15.1 Å². The summed E-state index contributed by atoms with van der Waals surface area (Å²) in [4.78, 5) is 18.7. The molecule has 0 saturated heterocycles. The maximum absolute atomic E-state index is 13.2. The van der Waals surface area contributed by atoms with Crippen LogP contribution >= 0.6 is 23.7 Å². The van der Waals surface area contributed by atoms with Crippen LogP contribution in [0.25, 0.3) is 0 Å². The molecule has 26 heavy (non-hydrogen) atoms. The summed E-state index contributed by atoms with van der Waals surface area (Å²) in [5.41, 5.74) is 2.72. The lowest BCUT2D eigenvalue weighted by Gasteiger charge is -2.26. The van der Waals surface area contributed by atoms with Gasteiger partial charge in [0.2, 0.25) is 0 Å². The molecule has 1 aliphatic heterocycles. The second-order valence-corrected chi connectivity index (χ2v) is 7.32. The van der Waals surface area contributed by atoms with E-state index < -0.39 is 0 Å². The number of thiophene rings is 1. The molecule has 3 heterocycles. The lowest BCUT2D eigenvalue weighted by molar-refractivity contribution is 0.0718. The van der Waals surface area contributed by atoms with E-state index in [0.29, 0.717) is 18.8 Å². The largest absolute Gasteiger partial charge is 0.331 e. The number of carbonyl (C=O) groups is 1. The molecular formula is C18H28ClN5OS. The van der Waals surface area contributed by atoms with E-state index in [4.69, 9.17) is 0 Å². The zero-order valence-electron chi connectivity index (χ0n) is 15.5. The second kappa shape index (κ2) is 10.1. The molecule has 2 N–H and O–H groups in total. The second-order valence-electron chi connectivity index (χ2n) is 6.29. The van der Waals surface area contributed by atoms with Gasteiger partial charge in [-0.2, -0.15) is 5.10 Å². The molecule has 0 fully saturated rings. The maximum Gasteiger partial charge on any atom is 0.275 e. The Morgan fingerprint density at radius 2 is 2.12 bits per heavy atom. The first kappa shape index (κ1) is 20.9. The normalized spacial score (nSPS) is 13.3. The Kier molecular flexibility index (Phi) is 8.09. The van der Waals surface area contributed by atoms with Gasteiger partial charge >= 0.3 is 0 Å². The third-order valence-electron chi connectivity index (χ3n) is 4.80. The smallest absolute Gasteiger partial charge is 0.275 e. The van der Waals surface area contributed by atoms with Crippen molar-refractivity contribution in [2.45, 2.75) is 33.4 Å². The van der Waals surface area contributed by atoms with E-state index in [1.807, 2.05) is 11.0 Å². The first-order valence-corrected chi connectivity index (χ1v) is 9.91. The highest BCUT2D eigenvalue weighted by Gasteiger charge is 2.26. The fourth-order valence-corrected chi connectivity index (χ4v) is 3.92. The summed E-state index contributed by atoms with van der Waals surface area (Å²) in [5, 5.41) is 12.8. The molecule has 0 atom stereocenters. The average Bonchev–Trinajstić information content (AvgIpc) is 3.30. The maximum atomic E-state index is 13.2. The molecule has 0 saturated carbocycles. The summed E-state index contributed by atoms with van der Waals surface area (Å²) in [6.45, 7) is 10.2. The topological polar surface area (TPSA) is 64.3 Å². The summed E-state index contributed by atoms with van der Waals surface area (Å²) in [7, 11) is 0. The summed E-state index contributed by atoms with van der Waals surface area (Å²) in [6.07, 6.45) is 0.903. The van der Waals surface area contributed by atoms with Gasteiger partial charge in [-0.1, -0.05) is 19.9 Å². The van der Waals surface area contributed by atoms with Crippen LogP contribution in [0.4, 0.5) is 0 Å². The molecule has 0 radical (unpaired) electrons. The molecule has 0 aliphatic carbocycles. The number of nitrogens with zero attached hydrogens (tertiary/aromatic N) is 3. The monoisotopic (exact) mass is 397 g/mol. The predicted octanol–water partition coefficient (Wildman–Crippen LogP) is 2.52. The first-order chi connectivity index (χ1) is 12.2. The number of nitrogens with one attached hydrogen (secondary N) is 2. The fourth-order valence-electron chi connectivity index (χ4n) is 3.20. The van der Waals surface area contributed by atoms with Crippen molar-refractivity contribution in [2.75, 3.05) is 32.7 Å². The van der Waals surface area contributed by atoms with Crippen LogP contribution in [0, 0.1) is 0 Å². The minimum atomic E-state index is 0. The van der Waals surface area contributed by atoms with Gasteiger partial charge in [0.15, 0.2) is 5.69 Å². The van der Waals surface area contributed by atoms with Crippen LogP contribution < -0.4 is 5.32 Å². The van der Waals surface area contributed by atoms with Gasteiger partial charge in [-0.25, -0.2) is 0 Å². The molecule has 144 valence electrons. The lowest BCUT2D eigenvalue weighted by Crippen LogP contribution is -2.39. The number of halogens is 1. The Hall–Kier alpha value is -1.41. The Bertz CT molecular complexity index is 684. The van der Waals surface area contributed by atoms with Crippen LogP contribution in [0.1, 0.15) is 40.5 Å². The van der Waals surface area contributed by atoms with Gasteiger partial charge in [-0.05, 0) is 24.5 Å². The summed E-state index contributed by atoms with van der Waals surface area (Å²) < 4.78 is 0. The molecule has 1 amide bonds. The number of rotatable bonds is 8. The van der Waals surface area contributed by atoms with Crippen LogP contribution in [0.3, 0.4) is 0 Å². The number of H-pyrrole nitrogens is 1. The van der Waals surface area contributed by atoms with Crippen molar-refractivity contribution in [3.05, 3.63) is 39.3 Å². The number of carbonyl (C=O) groups excluding carboxylic acids is 1. The van der Waals surface area contributed by atoms with Crippen molar-refractivity contribution in [2.24, 2.45) is 0 Å². The number of aromatic nitrogens is 2. The molecule has 0 unspecified atom stereocenters. The number of fused-ring (bicyclic) bond motifs is 1. The number of likely N-dealkylation sites (N-methyl/N-ethyl adjacent to an activating group) is 1. The molecular weight excluding hydrogens is 370 g/mol. The van der Waals surface area contributed by atoms with Gasteiger partial charge in [-0.15, -0.1) is 23.7 Å². The van der Waals surface area contributed by atoms with E-state index >= 15 is 0 Å². The van der Waals surface area contributed by atoms with Crippen LogP contribution in [0.5, 0.6) is 0 Å². The van der Waals surface area contributed by atoms with E-state index in [-0.39, 0.29) is 18.3 Å². The minimum absolute atomic E-state index is 0. The van der Waals surface area contributed by atoms with Gasteiger partial charge in [0.25, 0.3) is 5.91 Å². The van der Waals surface area contributed by atoms with E-state index in [2.05, 4.69) is 45.7 Å². The molecule has 1 aliphatic rings. The van der Waals surface area contributed by atoms with Crippen molar-refractivity contribution >= 4 is 29.7 Å². The van der Waals surface area contributed by atoms with Crippen LogP contribution in [-0.2, 0) is 19.5 Å². The Labute approximate surface area is 165 Å². The molecule has 0 bridgehead atoms. The van der Waals surface area contributed by atoms with Gasteiger partial charge in [0.1, 0.15) is 0 Å². The fraction of sp³-hybridized carbons (Fsp3) is 0.556. The van der Waals surface area contributed by atoms with Crippen molar-refractivity contribution in [1.82, 2.24) is 25.3 Å². The SMILES string of the molecule is CCN(CC)CCN(Cc1cccs1)C(=O)c1n[nH]c2c1CNCC2.Cl. The Balaban J connectivity index is 0.00000243. The number of hydrogen-bond donors (Lipinski definition) is 2. The summed E-state index contributed by atoms with van der Waals surface area (Å²) in [6, 6.07) is 4.12. The highest BCUT2D eigenvalue weighted by atomic mass is 35.5. The highest BCUT2D eigenvalue weighted by Crippen LogP contribution is 2.19. The van der Waals surface area contributed by atoms with E-state index in [9.17, 15) is 4.79 Å². The zero-order chi connectivity index (χ0) is 17.6. The molecule has 2 aromatic heterocycles. The average molecular weight is 398 g/mol. The van der Waals surface area contributed by atoms with Crippen molar-refractivity contribution in [1.29, 1.82) is 0 Å². The number of aromatic amines is 1. The van der Waals surface area contributed by atoms with Crippen molar-refractivity contribution in [3.63, 3.8) is 0 Å². The van der Waals surface area contributed by atoms with Crippen LogP contribution in [0.2, 0.25) is 0 Å². The summed E-state index contributed by atoms with van der Waals surface area (Å²) >= 11 is 1.69.